The zero-order valence-electron chi connectivity index (χ0n) is 18.3. The lowest BCUT2D eigenvalue weighted by atomic mass is 9.69. The summed E-state index contributed by atoms with van der Waals surface area (Å²) in [6.45, 7) is 9.94. The van der Waals surface area contributed by atoms with Gasteiger partial charge in [-0.25, -0.2) is 0 Å². The number of carbonyl (C=O) groups is 1. The van der Waals surface area contributed by atoms with Gasteiger partial charge in [0, 0.05) is 11.8 Å². The molecule has 0 spiro atoms. The Labute approximate surface area is 176 Å². The summed E-state index contributed by atoms with van der Waals surface area (Å²) < 4.78 is 6.19. The SMILES string of the molecule is C=CCC1=C(CCC2=C(C)CCCC2(C)COCc2ccccc2)C(=O)CCC1. The van der Waals surface area contributed by atoms with E-state index in [4.69, 9.17) is 4.74 Å². The van der Waals surface area contributed by atoms with Crippen LogP contribution in [0.3, 0.4) is 0 Å². The first-order chi connectivity index (χ1) is 14.0. The maximum Gasteiger partial charge on any atom is 0.158 e. The second-order valence-corrected chi connectivity index (χ2v) is 9.00. The van der Waals surface area contributed by atoms with Gasteiger partial charge in [-0.05, 0) is 69.4 Å². The number of rotatable bonds is 9. The van der Waals surface area contributed by atoms with Gasteiger partial charge < -0.3 is 4.74 Å². The molecule has 0 saturated heterocycles. The van der Waals surface area contributed by atoms with Crippen LogP contribution >= 0.6 is 0 Å². The first-order valence-corrected chi connectivity index (χ1v) is 11.2. The molecule has 0 N–H and O–H groups in total. The van der Waals surface area contributed by atoms with E-state index in [0.29, 0.717) is 18.8 Å². The largest absolute Gasteiger partial charge is 0.376 e. The van der Waals surface area contributed by atoms with Crippen LogP contribution in [0.1, 0.15) is 77.2 Å². The molecular weight excluding hydrogens is 356 g/mol. The Kier molecular flexibility index (Phi) is 7.66. The standard InChI is InChI=1S/C27H36O2/c1-4-10-23-14-8-15-26(28)24(23)16-17-25-21(2)11-9-18-27(25,3)20-29-19-22-12-6-5-7-13-22/h4-7,12-13H,1,8-11,14-20H2,2-3H3. The van der Waals surface area contributed by atoms with Crippen molar-refractivity contribution in [2.45, 2.75) is 78.2 Å². The molecule has 2 aliphatic carbocycles. The summed E-state index contributed by atoms with van der Waals surface area (Å²) in [6.07, 6.45) is 11.0. The van der Waals surface area contributed by atoms with Crippen molar-refractivity contribution in [3.05, 3.63) is 70.8 Å². The van der Waals surface area contributed by atoms with E-state index in [1.807, 2.05) is 12.1 Å². The highest BCUT2D eigenvalue weighted by Gasteiger charge is 2.33. The molecule has 0 radical (unpaired) electrons. The Bertz CT molecular complexity index is 784. The number of hydrogen-bond acceptors (Lipinski definition) is 2. The molecule has 0 saturated carbocycles. The molecule has 156 valence electrons. The average Bonchev–Trinajstić information content (AvgIpc) is 2.70. The molecule has 0 amide bonds. The minimum absolute atomic E-state index is 0.0774. The zero-order chi connectivity index (χ0) is 20.7. The van der Waals surface area contributed by atoms with Crippen LogP contribution in [0.2, 0.25) is 0 Å². The van der Waals surface area contributed by atoms with Gasteiger partial charge in [0.25, 0.3) is 0 Å². The maximum absolute atomic E-state index is 12.6. The molecule has 2 aliphatic rings. The number of allylic oxidation sites excluding steroid dienone is 4. The first-order valence-electron chi connectivity index (χ1n) is 11.2. The quantitative estimate of drug-likeness (QED) is 0.418. The molecule has 0 heterocycles. The Hall–Kier alpha value is -1.93. The smallest absolute Gasteiger partial charge is 0.158 e. The lowest BCUT2D eigenvalue weighted by molar-refractivity contribution is -0.116. The molecule has 2 heteroatoms. The number of ether oxygens (including phenoxy) is 1. The molecule has 3 rings (SSSR count). The second kappa shape index (κ2) is 10.2. The van der Waals surface area contributed by atoms with Gasteiger partial charge in [-0.15, -0.1) is 6.58 Å². The minimum atomic E-state index is 0.0774. The number of benzene rings is 1. The highest BCUT2D eigenvalue weighted by atomic mass is 16.5. The topological polar surface area (TPSA) is 26.3 Å². The van der Waals surface area contributed by atoms with Gasteiger partial charge in [0.15, 0.2) is 5.78 Å². The van der Waals surface area contributed by atoms with Gasteiger partial charge in [0.1, 0.15) is 0 Å². The summed E-state index contributed by atoms with van der Waals surface area (Å²) in [5.41, 5.74) is 6.76. The van der Waals surface area contributed by atoms with Gasteiger partial charge in [-0.2, -0.15) is 0 Å². The molecule has 29 heavy (non-hydrogen) atoms. The van der Waals surface area contributed by atoms with Gasteiger partial charge in [0.05, 0.1) is 13.2 Å². The highest BCUT2D eigenvalue weighted by molar-refractivity contribution is 5.97. The maximum atomic E-state index is 12.6. The van der Waals surface area contributed by atoms with Crippen LogP contribution in [0.5, 0.6) is 0 Å². The van der Waals surface area contributed by atoms with Gasteiger partial charge >= 0.3 is 0 Å². The van der Waals surface area contributed by atoms with E-state index in [9.17, 15) is 4.79 Å². The molecule has 0 fully saturated rings. The molecule has 1 unspecified atom stereocenters. The predicted molar refractivity (Wildman–Crippen MR) is 121 cm³/mol. The Morgan fingerprint density at radius 2 is 1.90 bits per heavy atom. The molecule has 1 aromatic carbocycles. The van der Waals surface area contributed by atoms with Gasteiger partial charge in [0.2, 0.25) is 0 Å². The van der Waals surface area contributed by atoms with Crippen molar-refractivity contribution in [1.29, 1.82) is 0 Å². The van der Waals surface area contributed by atoms with E-state index in [2.05, 4.69) is 44.7 Å². The van der Waals surface area contributed by atoms with Crippen molar-refractivity contribution < 1.29 is 9.53 Å². The first kappa shape index (κ1) is 21.8. The summed E-state index contributed by atoms with van der Waals surface area (Å²) in [4.78, 5) is 12.6. The molecular formula is C27H36O2. The van der Waals surface area contributed by atoms with E-state index in [0.717, 1.165) is 44.3 Å². The van der Waals surface area contributed by atoms with E-state index < -0.39 is 0 Å². The van der Waals surface area contributed by atoms with E-state index in [1.54, 1.807) is 0 Å². The Balaban J connectivity index is 1.69. The van der Waals surface area contributed by atoms with Gasteiger partial charge in [-0.1, -0.05) is 60.1 Å². The average molecular weight is 393 g/mol. The molecule has 1 aromatic rings. The van der Waals surface area contributed by atoms with Crippen LogP contribution in [0.4, 0.5) is 0 Å². The Morgan fingerprint density at radius 3 is 2.66 bits per heavy atom. The van der Waals surface area contributed by atoms with Crippen molar-refractivity contribution in [3.8, 4) is 0 Å². The van der Waals surface area contributed by atoms with Crippen LogP contribution in [0.15, 0.2) is 65.3 Å². The number of carbonyl (C=O) groups excluding carboxylic acids is 1. The monoisotopic (exact) mass is 392 g/mol. The van der Waals surface area contributed by atoms with Crippen LogP contribution in [-0.4, -0.2) is 12.4 Å². The lowest BCUT2D eigenvalue weighted by Gasteiger charge is -2.38. The van der Waals surface area contributed by atoms with E-state index in [-0.39, 0.29) is 5.41 Å². The van der Waals surface area contributed by atoms with Crippen molar-refractivity contribution in [1.82, 2.24) is 0 Å². The second-order valence-electron chi connectivity index (χ2n) is 9.00. The molecule has 1 atom stereocenters. The molecule has 0 aromatic heterocycles. The third-order valence-electron chi connectivity index (χ3n) is 6.72. The Morgan fingerprint density at radius 1 is 1.10 bits per heavy atom. The van der Waals surface area contributed by atoms with Crippen LogP contribution in [0, 0.1) is 5.41 Å². The summed E-state index contributed by atoms with van der Waals surface area (Å²) in [6, 6.07) is 10.4. The highest BCUT2D eigenvalue weighted by Crippen LogP contribution is 2.44. The van der Waals surface area contributed by atoms with E-state index >= 15 is 0 Å². The summed E-state index contributed by atoms with van der Waals surface area (Å²) >= 11 is 0. The normalized spacial score (nSPS) is 22.9. The van der Waals surface area contributed by atoms with Crippen LogP contribution in [0.25, 0.3) is 0 Å². The number of ketones is 1. The summed E-state index contributed by atoms with van der Waals surface area (Å²) in [7, 11) is 0. The van der Waals surface area contributed by atoms with Crippen molar-refractivity contribution in [2.75, 3.05) is 6.61 Å². The minimum Gasteiger partial charge on any atom is -0.376 e. The van der Waals surface area contributed by atoms with Crippen LogP contribution < -0.4 is 0 Å². The summed E-state index contributed by atoms with van der Waals surface area (Å²) in [5.74, 6) is 0.365. The molecule has 0 bridgehead atoms. The lowest BCUT2D eigenvalue weighted by Crippen LogP contribution is -2.30. The van der Waals surface area contributed by atoms with Crippen molar-refractivity contribution >= 4 is 5.78 Å². The molecule has 2 nitrogen and oxygen atoms in total. The fourth-order valence-electron chi connectivity index (χ4n) is 5.13. The van der Waals surface area contributed by atoms with Gasteiger partial charge in [-0.3, -0.25) is 4.79 Å². The fraction of sp³-hybridized carbons (Fsp3) is 0.519. The third-order valence-corrected chi connectivity index (χ3v) is 6.72. The zero-order valence-corrected chi connectivity index (χ0v) is 18.3. The van der Waals surface area contributed by atoms with E-state index in [1.165, 1.54) is 41.5 Å². The third kappa shape index (κ3) is 5.57. The van der Waals surface area contributed by atoms with Crippen molar-refractivity contribution in [2.24, 2.45) is 5.41 Å². The number of hydrogen-bond donors (Lipinski definition) is 0. The van der Waals surface area contributed by atoms with Crippen molar-refractivity contribution in [3.63, 3.8) is 0 Å². The van der Waals surface area contributed by atoms with Crippen LogP contribution in [-0.2, 0) is 16.1 Å². The fourth-order valence-corrected chi connectivity index (χ4v) is 5.13. The number of Topliss-reactive ketones (excluding diaryl/α,β-unsaturated/α-hetero) is 1. The summed E-state index contributed by atoms with van der Waals surface area (Å²) in [5, 5.41) is 0. The predicted octanol–water partition coefficient (Wildman–Crippen LogP) is 7.12. The molecule has 0 aliphatic heterocycles.